The highest BCUT2D eigenvalue weighted by molar-refractivity contribution is 7.22. The molecule has 3 aromatic rings. The zero-order chi connectivity index (χ0) is 15.5. The summed E-state index contributed by atoms with van der Waals surface area (Å²) in [6, 6.07) is 9.07. The van der Waals surface area contributed by atoms with Gasteiger partial charge in [0.15, 0.2) is 0 Å². The number of fused-ring (bicyclic) bond motifs is 1. The molecule has 0 aliphatic heterocycles. The lowest BCUT2D eigenvalue weighted by Crippen LogP contribution is -2.22. The van der Waals surface area contributed by atoms with Gasteiger partial charge < -0.3 is 9.15 Å². The number of aromatic nitrogens is 1. The molecule has 1 aromatic carbocycles. The second-order valence-corrected chi connectivity index (χ2v) is 5.43. The molecule has 0 aliphatic rings. The van der Waals surface area contributed by atoms with E-state index < -0.39 is 0 Å². The first-order chi connectivity index (χ1) is 10.7. The van der Waals surface area contributed by atoms with Crippen LogP contribution >= 0.6 is 11.3 Å². The number of hydrogen-bond acceptors (Lipinski definition) is 6. The predicted octanol–water partition coefficient (Wildman–Crippen LogP) is 3.28. The smallest absolute Gasteiger partial charge is 0.246 e. The van der Waals surface area contributed by atoms with Crippen LogP contribution in [0.15, 0.2) is 46.1 Å². The highest BCUT2D eigenvalue weighted by Crippen LogP contribution is 2.31. The molecule has 112 valence electrons. The largest absolute Gasteiger partial charge is 0.497 e. The van der Waals surface area contributed by atoms with Gasteiger partial charge in [0.2, 0.25) is 11.0 Å². The molecule has 0 fully saturated rings. The third-order valence-corrected chi connectivity index (χ3v) is 3.90. The number of nitrogens with zero attached hydrogens (tertiary/aromatic N) is 3. The predicted molar refractivity (Wildman–Crippen MR) is 85.6 cm³/mol. The summed E-state index contributed by atoms with van der Waals surface area (Å²) in [5.74, 6) is 1.08. The van der Waals surface area contributed by atoms with Gasteiger partial charge in [-0.2, -0.15) is 10.1 Å². The SMILES string of the molecule is COc1ccc2nc(N(/N=C\c3ccco3)C(C)=O)sc2c1. The summed E-state index contributed by atoms with van der Waals surface area (Å²) in [6.45, 7) is 1.44. The molecule has 0 saturated carbocycles. The normalized spacial score (nSPS) is 11.2. The van der Waals surface area contributed by atoms with E-state index in [1.807, 2.05) is 18.2 Å². The molecule has 3 rings (SSSR count). The van der Waals surface area contributed by atoms with E-state index in [4.69, 9.17) is 9.15 Å². The Hall–Kier alpha value is -2.67. The number of amides is 1. The van der Waals surface area contributed by atoms with Gasteiger partial charge in [-0.1, -0.05) is 11.3 Å². The zero-order valence-electron chi connectivity index (χ0n) is 12.0. The van der Waals surface area contributed by atoms with Crippen LogP contribution in [0.4, 0.5) is 5.13 Å². The molecule has 0 atom stereocenters. The van der Waals surface area contributed by atoms with E-state index in [0.29, 0.717) is 10.9 Å². The molecule has 0 bridgehead atoms. The second kappa shape index (κ2) is 5.98. The van der Waals surface area contributed by atoms with E-state index in [2.05, 4.69) is 10.1 Å². The van der Waals surface area contributed by atoms with Gasteiger partial charge >= 0.3 is 0 Å². The number of ether oxygens (including phenoxy) is 1. The van der Waals surface area contributed by atoms with Crippen molar-refractivity contribution in [2.45, 2.75) is 6.92 Å². The second-order valence-electron chi connectivity index (χ2n) is 4.42. The Morgan fingerprint density at radius 1 is 1.45 bits per heavy atom. The summed E-state index contributed by atoms with van der Waals surface area (Å²) >= 11 is 1.37. The first-order valence-corrected chi connectivity index (χ1v) is 7.32. The van der Waals surface area contributed by atoms with Crippen LogP contribution in [0.1, 0.15) is 12.7 Å². The van der Waals surface area contributed by atoms with Gasteiger partial charge in [0.05, 0.1) is 29.8 Å². The van der Waals surface area contributed by atoms with E-state index in [9.17, 15) is 4.79 Å². The highest BCUT2D eigenvalue weighted by atomic mass is 32.1. The van der Waals surface area contributed by atoms with Crippen molar-refractivity contribution in [3.8, 4) is 5.75 Å². The number of furan rings is 1. The maximum atomic E-state index is 11.8. The Labute approximate surface area is 130 Å². The van der Waals surface area contributed by atoms with Crippen LogP contribution in [-0.2, 0) is 4.79 Å². The van der Waals surface area contributed by atoms with Gasteiger partial charge in [0, 0.05) is 6.92 Å². The third kappa shape index (κ3) is 2.84. The maximum absolute atomic E-state index is 11.8. The van der Waals surface area contributed by atoms with Gasteiger partial charge in [-0.3, -0.25) is 4.79 Å². The first-order valence-electron chi connectivity index (χ1n) is 6.50. The molecule has 0 radical (unpaired) electrons. The fraction of sp³-hybridized carbons (Fsp3) is 0.133. The average molecular weight is 315 g/mol. The fourth-order valence-electron chi connectivity index (χ4n) is 1.86. The van der Waals surface area contributed by atoms with Crippen LogP contribution in [-0.4, -0.2) is 24.2 Å². The van der Waals surface area contributed by atoms with Crippen molar-refractivity contribution in [3.63, 3.8) is 0 Å². The number of rotatable bonds is 4. The van der Waals surface area contributed by atoms with Gasteiger partial charge in [0.25, 0.3) is 0 Å². The summed E-state index contributed by atoms with van der Waals surface area (Å²) in [4.78, 5) is 16.3. The monoisotopic (exact) mass is 315 g/mol. The van der Waals surface area contributed by atoms with Crippen molar-refractivity contribution in [2.24, 2.45) is 5.10 Å². The first kappa shape index (κ1) is 14.3. The summed E-state index contributed by atoms with van der Waals surface area (Å²) in [5, 5.41) is 5.90. The van der Waals surface area contributed by atoms with Crippen molar-refractivity contribution < 1.29 is 13.9 Å². The number of thiazole rings is 1. The van der Waals surface area contributed by atoms with Gasteiger partial charge in [-0.05, 0) is 30.3 Å². The summed E-state index contributed by atoms with van der Waals surface area (Å²) in [5.41, 5.74) is 0.792. The minimum Gasteiger partial charge on any atom is -0.497 e. The maximum Gasteiger partial charge on any atom is 0.246 e. The van der Waals surface area contributed by atoms with Crippen molar-refractivity contribution >= 4 is 38.8 Å². The van der Waals surface area contributed by atoms with Crippen molar-refractivity contribution in [1.29, 1.82) is 0 Å². The van der Waals surface area contributed by atoms with Crippen LogP contribution in [0.3, 0.4) is 0 Å². The lowest BCUT2D eigenvalue weighted by molar-refractivity contribution is -0.116. The van der Waals surface area contributed by atoms with E-state index >= 15 is 0 Å². The van der Waals surface area contributed by atoms with Crippen LogP contribution in [0.5, 0.6) is 5.75 Å². The Morgan fingerprint density at radius 2 is 2.32 bits per heavy atom. The number of hydrogen-bond donors (Lipinski definition) is 0. The molecule has 6 nitrogen and oxygen atoms in total. The Kier molecular flexibility index (Phi) is 3.88. The molecular weight excluding hydrogens is 302 g/mol. The number of hydrazone groups is 1. The van der Waals surface area contributed by atoms with Crippen LogP contribution < -0.4 is 9.75 Å². The van der Waals surface area contributed by atoms with Crippen molar-refractivity contribution in [3.05, 3.63) is 42.4 Å². The molecule has 22 heavy (non-hydrogen) atoms. The standard InChI is InChI=1S/C15H13N3O3S/c1-10(19)18(16-9-12-4-3-7-21-12)15-17-13-6-5-11(20-2)8-14(13)22-15/h3-9H,1-2H3/b16-9-. The number of benzene rings is 1. The topological polar surface area (TPSA) is 67.9 Å². The fourth-order valence-corrected chi connectivity index (χ4v) is 2.85. The molecule has 0 N–H and O–H groups in total. The quantitative estimate of drug-likeness (QED) is 0.547. The van der Waals surface area contributed by atoms with E-state index in [1.54, 1.807) is 25.5 Å². The van der Waals surface area contributed by atoms with Gasteiger partial charge in [0.1, 0.15) is 11.5 Å². The molecule has 0 spiro atoms. The zero-order valence-corrected chi connectivity index (χ0v) is 12.8. The lowest BCUT2D eigenvalue weighted by atomic mass is 10.3. The molecular formula is C15H13N3O3S. The van der Waals surface area contributed by atoms with Crippen molar-refractivity contribution in [1.82, 2.24) is 4.98 Å². The molecule has 0 unspecified atom stereocenters. The molecule has 0 saturated heterocycles. The number of anilines is 1. The molecule has 1 amide bonds. The summed E-state index contributed by atoms with van der Waals surface area (Å²) in [6.07, 6.45) is 3.03. The van der Waals surface area contributed by atoms with Gasteiger partial charge in [-0.25, -0.2) is 4.98 Å². The molecule has 2 aromatic heterocycles. The number of methoxy groups -OCH3 is 1. The summed E-state index contributed by atoms with van der Waals surface area (Å²) < 4.78 is 11.3. The van der Waals surface area contributed by atoms with Crippen LogP contribution in [0.25, 0.3) is 10.2 Å². The van der Waals surface area contributed by atoms with Crippen molar-refractivity contribution in [2.75, 3.05) is 12.1 Å². The minimum atomic E-state index is -0.228. The summed E-state index contributed by atoms with van der Waals surface area (Å²) in [7, 11) is 1.61. The number of carbonyl (C=O) groups excluding carboxylic acids is 1. The minimum absolute atomic E-state index is 0.228. The lowest BCUT2D eigenvalue weighted by Gasteiger charge is -2.09. The van der Waals surface area contributed by atoms with E-state index in [1.165, 1.54) is 29.5 Å². The van der Waals surface area contributed by atoms with E-state index in [-0.39, 0.29) is 5.91 Å². The van der Waals surface area contributed by atoms with Gasteiger partial charge in [-0.15, -0.1) is 0 Å². The number of carbonyl (C=O) groups is 1. The Bertz CT molecular complexity index is 824. The highest BCUT2D eigenvalue weighted by Gasteiger charge is 2.15. The average Bonchev–Trinajstić information content (AvgIpc) is 3.15. The van der Waals surface area contributed by atoms with Crippen LogP contribution in [0, 0.1) is 0 Å². The molecule has 2 heterocycles. The Balaban J connectivity index is 1.96. The molecule has 0 aliphatic carbocycles. The Morgan fingerprint density at radius 3 is 3.00 bits per heavy atom. The van der Waals surface area contributed by atoms with E-state index in [0.717, 1.165) is 16.0 Å². The third-order valence-electron chi connectivity index (χ3n) is 2.91. The van der Waals surface area contributed by atoms with Crippen LogP contribution in [0.2, 0.25) is 0 Å². The molecule has 7 heteroatoms.